The summed E-state index contributed by atoms with van der Waals surface area (Å²) < 4.78 is 10.6. The van der Waals surface area contributed by atoms with Crippen molar-refractivity contribution in [2.24, 2.45) is 5.92 Å². The van der Waals surface area contributed by atoms with E-state index in [-0.39, 0.29) is 17.8 Å². The first-order valence-electron chi connectivity index (χ1n) is 4.03. The molecule has 4 atom stereocenters. The average molecular weight is 179 g/mol. The number of hydrogen-bond donors (Lipinski definition) is 0. The molecule has 1 unspecified atom stereocenters. The maximum atomic E-state index is 6.05. The predicted molar refractivity (Wildman–Crippen MR) is 44.8 cm³/mol. The number of hydrogen-bond acceptors (Lipinski definition) is 2. The van der Waals surface area contributed by atoms with Gasteiger partial charge in [0.05, 0.1) is 11.5 Å². The normalized spacial score (nSPS) is 44.7. The highest BCUT2D eigenvalue weighted by Crippen LogP contribution is 2.32. The molecule has 0 aliphatic carbocycles. The third kappa shape index (κ3) is 1.68. The summed E-state index contributed by atoms with van der Waals surface area (Å²) in [6, 6.07) is 0. The fraction of sp³-hybridized carbons (Fsp3) is 1.00. The summed E-state index contributed by atoms with van der Waals surface area (Å²) in [5.74, 6) is 0.395. The molecule has 0 spiro atoms. The van der Waals surface area contributed by atoms with E-state index >= 15 is 0 Å². The highest BCUT2D eigenvalue weighted by molar-refractivity contribution is 6.21. The minimum atomic E-state index is -0.211. The van der Waals surface area contributed by atoms with E-state index in [4.69, 9.17) is 21.1 Å². The van der Waals surface area contributed by atoms with Crippen molar-refractivity contribution in [2.45, 2.75) is 38.0 Å². The Labute approximate surface area is 72.8 Å². The second-order valence-electron chi connectivity index (χ2n) is 2.99. The van der Waals surface area contributed by atoms with Crippen LogP contribution in [0.2, 0.25) is 0 Å². The molecule has 1 aliphatic heterocycles. The van der Waals surface area contributed by atoms with Gasteiger partial charge in [-0.15, -0.1) is 11.6 Å². The molecule has 1 saturated heterocycles. The van der Waals surface area contributed by atoms with Crippen molar-refractivity contribution >= 4 is 11.6 Å². The van der Waals surface area contributed by atoms with Gasteiger partial charge in [-0.25, -0.2) is 0 Å². The van der Waals surface area contributed by atoms with Crippen LogP contribution in [0, 0.1) is 5.92 Å². The lowest BCUT2D eigenvalue weighted by atomic mass is 10.0. The molecule has 3 heteroatoms. The third-order valence-electron chi connectivity index (χ3n) is 2.29. The van der Waals surface area contributed by atoms with Gasteiger partial charge in [0.15, 0.2) is 6.29 Å². The van der Waals surface area contributed by atoms with Crippen molar-refractivity contribution in [3.8, 4) is 0 Å². The Balaban J connectivity index is 2.53. The number of alkyl halides is 1. The maximum Gasteiger partial charge on any atom is 0.174 e. The molecule has 11 heavy (non-hydrogen) atoms. The second-order valence-corrected chi connectivity index (χ2v) is 3.49. The molecule has 1 aliphatic rings. The minimum Gasteiger partial charge on any atom is -0.354 e. The zero-order valence-corrected chi connectivity index (χ0v) is 7.97. The summed E-state index contributed by atoms with van der Waals surface area (Å²) in [7, 11) is 1.63. The molecule has 1 fully saturated rings. The van der Waals surface area contributed by atoms with Gasteiger partial charge in [-0.05, 0) is 6.42 Å². The van der Waals surface area contributed by atoms with Crippen LogP contribution in [0.5, 0.6) is 0 Å². The molecule has 0 bridgehead atoms. The Morgan fingerprint density at radius 3 is 2.45 bits per heavy atom. The van der Waals surface area contributed by atoms with E-state index in [9.17, 15) is 0 Å². The van der Waals surface area contributed by atoms with Crippen LogP contribution in [-0.2, 0) is 9.47 Å². The summed E-state index contributed by atoms with van der Waals surface area (Å²) in [4.78, 5) is 0. The number of ether oxygens (including phenoxy) is 2. The van der Waals surface area contributed by atoms with Crippen LogP contribution < -0.4 is 0 Å². The number of rotatable bonds is 2. The molecule has 66 valence electrons. The van der Waals surface area contributed by atoms with Crippen LogP contribution in [0.15, 0.2) is 0 Å². The smallest absolute Gasteiger partial charge is 0.174 e. The van der Waals surface area contributed by atoms with Gasteiger partial charge in [-0.3, -0.25) is 0 Å². The van der Waals surface area contributed by atoms with E-state index in [0.29, 0.717) is 5.92 Å². The first kappa shape index (κ1) is 9.30. The molecule has 0 aromatic rings. The summed E-state index contributed by atoms with van der Waals surface area (Å²) in [5, 5.41) is 0.00458. The van der Waals surface area contributed by atoms with E-state index in [1.165, 1.54) is 0 Å². The van der Waals surface area contributed by atoms with Crippen LogP contribution >= 0.6 is 11.6 Å². The largest absolute Gasteiger partial charge is 0.354 e. The van der Waals surface area contributed by atoms with E-state index in [0.717, 1.165) is 6.42 Å². The SMILES string of the molecule is CC[C@H]1OC(OC)[C@H](Cl)[C@@H]1C. The highest BCUT2D eigenvalue weighted by atomic mass is 35.5. The molecule has 2 nitrogen and oxygen atoms in total. The second kappa shape index (κ2) is 3.74. The summed E-state index contributed by atoms with van der Waals surface area (Å²) in [6.07, 6.45) is 1.06. The van der Waals surface area contributed by atoms with Gasteiger partial charge in [-0.2, -0.15) is 0 Å². The van der Waals surface area contributed by atoms with E-state index in [2.05, 4.69) is 13.8 Å². The molecular formula is C8H15ClO2. The average Bonchev–Trinajstić information content (AvgIpc) is 2.30. The quantitative estimate of drug-likeness (QED) is 0.603. The third-order valence-corrected chi connectivity index (χ3v) is 2.90. The van der Waals surface area contributed by atoms with Gasteiger partial charge >= 0.3 is 0 Å². The molecule has 0 aromatic heterocycles. The summed E-state index contributed by atoms with van der Waals surface area (Å²) in [6.45, 7) is 4.20. The van der Waals surface area contributed by atoms with E-state index < -0.39 is 0 Å². The number of methoxy groups -OCH3 is 1. The molecule has 0 radical (unpaired) electrons. The summed E-state index contributed by atoms with van der Waals surface area (Å²) in [5.41, 5.74) is 0. The van der Waals surface area contributed by atoms with Crippen LogP contribution in [-0.4, -0.2) is 24.9 Å². The van der Waals surface area contributed by atoms with Crippen molar-refractivity contribution in [3.05, 3.63) is 0 Å². The van der Waals surface area contributed by atoms with Crippen LogP contribution in [0.3, 0.4) is 0 Å². The minimum absolute atomic E-state index is 0.00458. The van der Waals surface area contributed by atoms with Crippen molar-refractivity contribution in [1.82, 2.24) is 0 Å². The van der Waals surface area contributed by atoms with Gasteiger partial charge < -0.3 is 9.47 Å². The van der Waals surface area contributed by atoms with Crippen LogP contribution in [0.4, 0.5) is 0 Å². The topological polar surface area (TPSA) is 18.5 Å². The van der Waals surface area contributed by atoms with E-state index in [1.54, 1.807) is 7.11 Å². The zero-order valence-electron chi connectivity index (χ0n) is 7.21. The highest BCUT2D eigenvalue weighted by Gasteiger charge is 2.39. The van der Waals surface area contributed by atoms with Gasteiger partial charge in [0.1, 0.15) is 0 Å². The predicted octanol–water partition coefficient (Wildman–Crippen LogP) is 2.01. The molecule has 0 amide bonds. The first-order chi connectivity index (χ1) is 5.20. The summed E-state index contributed by atoms with van der Waals surface area (Å²) >= 11 is 6.05. The first-order valence-corrected chi connectivity index (χ1v) is 4.46. The van der Waals surface area contributed by atoms with Gasteiger partial charge in [0, 0.05) is 13.0 Å². The standard InChI is InChI=1S/C8H15ClO2/c1-4-6-5(2)7(9)8(10-3)11-6/h5-8H,4H2,1-3H3/t5-,6-,7-,8?/m1/s1. The molecule has 1 rings (SSSR count). The molecular weight excluding hydrogens is 164 g/mol. The van der Waals surface area contributed by atoms with Crippen molar-refractivity contribution in [2.75, 3.05) is 7.11 Å². The Morgan fingerprint density at radius 1 is 1.55 bits per heavy atom. The van der Waals surface area contributed by atoms with Gasteiger partial charge in [0.25, 0.3) is 0 Å². The monoisotopic (exact) mass is 178 g/mol. The Bertz CT molecular complexity index is 111. The number of halogens is 1. The van der Waals surface area contributed by atoms with Crippen molar-refractivity contribution in [3.63, 3.8) is 0 Å². The Morgan fingerprint density at radius 2 is 2.18 bits per heavy atom. The zero-order chi connectivity index (χ0) is 8.43. The van der Waals surface area contributed by atoms with Crippen LogP contribution in [0.25, 0.3) is 0 Å². The lowest BCUT2D eigenvalue weighted by molar-refractivity contribution is -0.114. The fourth-order valence-electron chi connectivity index (χ4n) is 1.48. The molecule has 0 N–H and O–H groups in total. The van der Waals surface area contributed by atoms with Gasteiger partial charge in [0.2, 0.25) is 0 Å². The van der Waals surface area contributed by atoms with Crippen molar-refractivity contribution < 1.29 is 9.47 Å². The maximum absolute atomic E-state index is 6.05. The fourth-order valence-corrected chi connectivity index (χ4v) is 1.80. The molecule has 1 heterocycles. The molecule has 0 saturated carbocycles. The van der Waals surface area contributed by atoms with Crippen molar-refractivity contribution in [1.29, 1.82) is 0 Å². The lowest BCUT2D eigenvalue weighted by Gasteiger charge is -2.11. The van der Waals surface area contributed by atoms with E-state index in [1.807, 2.05) is 0 Å². The van der Waals surface area contributed by atoms with Gasteiger partial charge in [-0.1, -0.05) is 13.8 Å². The Kier molecular flexibility index (Phi) is 3.16. The lowest BCUT2D eigenvalue weighted by Crippen LogP contribution is -2.21. The van der Waals surface area contributed by atoms with Crippen LogP contribution in [0.1, 0.15) is 20.3 Å². The molecule has 0 aromatic carbocycles. The Hall–Kier alpha value is 0.210.